The van der Waals surface area contributed by atoms with E-state index in [1.165, 1.54) is 9.96 Å². The summed E-state index contributed by atoms with van der Waals surface area (Å²) in [5.41, 5.74) is 1.40. The van der Waals surface area contributed by atoms with Crippen LogP contribution in [0, 0.1) is 6.92 Å². The van der Waals surface area contributed by atoms with Crippen LogP contribution >= 0.6 is 0 Å². The molecule has 1 aliphatic heterocycles. The van der Waals surface area contributed by atoms with Gasteiger partial charge in [0.15, 0.2) is 0 Å². The number of rotatable bonds is 5. The second-order valence-corrected chi connectivity index (χ2v) is 9.07. The third-order valence-corrected chi connectivity index (χ3v) is 6.42. The van der Waals surface area contributed by atoms with E-state index in [0.717, 1.165) is 11.1 Å². The predicted molar refractivity (Wildman–Crippen MR) is 111 cm³/mol. The molecule has 29 heavy (non-hydrogen) atoms. The number of aryl methyl sites for hydroxylation is 1. The molecule has 0 atom stereocenters. The van der Waals surface area contributed by atoms with Crippen molar-refractivity contribution in [3.63, 3.8) is 0 Å². The molecule has 8 heteroatoms. The highest BCUT2D eigenvalue weighted by atomic mass is 32.2. The number of urea groups is 1. The summed E-state index contributed by atoms with van der Waals surface area (Å²) in [4.78, 5) is 14.0. The van der Waals surface area contributed by atoms with Gasteiger partial charge in [0.2, 0.25) is 0 Å². The Hall–Kier alpha value is -2.42. The first kappa shape index (κ1) is 21.3. The number of benzene rings is 2. The van der Waals surface area contributed by atoms with Gasteiger partial charge in [-0.1, -0.05) is 48.0 Å². The zero-order valence-electron chi connectivity index (χ0n) is 17.0. The molecular formula is C21H27N3O4S. The van der Waals surface area contributed by atoms with Gasteiger partial charge < -0.3 is 10.2 Å². The molecule has 0 aromatic heterocycles. The summed E-state index contributed by atoms with van der Waals surface area (Å²) in [5.74, 6) is 0. The van der Waals surface area contributed by atoms with Gasteiger partial charge in [-0.15, -0.1) is 0 Å². The van der Waals surface area contributed by atoms with Crippen LogP contribution in [-0.2, 0) is 19.9 Å². The molecule has 7 nitrogen and oxygen atoms in total. The Kier molecular flexibility index (Phi) is 6.26. The maximum Gasteiger partial charge on any atom is 0.317 e. The Morgan fingerprint density at radius 2 is 1.62 bits per heavy atom. The number of hydrogen-bond acceptors (Lipinski definition) is 5. The van der Waals surface area contributed by atoms with Crippen LogP contribution in [0.1, 0.15) is 24.0 Å². The quantitative estimate of drug-likeness (QED) is 0.809. The largest absolute Gasteiger partial charge is 0.331 e. The molecule has 0 radical (unpaired) electrons. The topological polar surface area (TPSA) is 79.0 Å². The van der Waals surface area contributed by atoms with E-state index in [9.17, 15) is 13.2 Å². The first-order valence-corrected chi connectivity index (χ1v) is 10.9. The summed E-state index contributed by atoms with van der Waals surface area (Å²) >= 11 is 0. The van der Waals surface area contributed by atoms with Crippen molar-refractivity contribution in [1.29, 1.82) is 0 Å². The van der Waals surface area contributed by atoms with E-state index in [1.807, 2.05) is 37.3 Å². The minimum atomic E-state index is -3.88. The fraction of sp³-hybridized carbons (Fsp3) is 0.381. The molecule has 2 aromatic carbocycles. The van der Waals surface area contributed by atoms with E-state index in [-0.39, 0.29) is 10.9 Å². The highest BCUT2D eigenvalue weighted by molar-refractivity contribution is 7.86. The van der Waals surface area contributed by atoms with E-state index in [1.54, 1.807) is 38.4 Å². The molecule has 2 aromatic rings. The van der Waals surface area contributed by atoms with Gasteiger partial charge in [-0.25, -0.2) is 4.79 Å². The fourth-order valence-corrected chi connectivity index (χ4v) is 4.37. The average Bonchev–Trinajstić information content (AvgIpc) is 2.70. The smallest absolute Gasteiger partial charge is 0.317 e. The SMILES string of the molecule is Cc1ccc(S(=O)(=O)ON2CCC(NC(=O)N(C)C)(c3ccccc3)CC2)cc1. The van der Waals surface area contributed by atoms with E-state index in [4.69, 9.17) is 4.28 Å². The van der Waals surface area contributed by atoms with Crippen molar-refractivity contribution in [2.45, 2.75) is 30.2 Å². The first-order chi connectivity index (χ1) is 13.7. The monoisotopic (exact) mass is 417 g/mol. The van der Waals surface area contributed by atoms with Crippen molar-refractivity contribution in [2.75, 3.05) is 27.2 Å². The highest BCUT2D eigenvalue weighted by Crippen LogP contribution is 2.34. The summed E-state index contributed by atoms with van der Waals surface area (Å²) in [6.07, 6.45) is 1.06. The zero-order chi connectivity index (χ0) is 21.1. The van der Waals surface area contributed by atoms with Crippen LogP contribution in [0.5, 0.6) is 0 Å². The third kappa shape index (κ3) is 4.95. The molecule has 0 spiro atoms. The molecule has 0 bridgehead atoms. The minimum absolute atomic E-state index is 0.129. The number of amides is 2. The fourth-order valence-electron chi connectivity index (χ4n) is 3.39. The van der Waals surface area contributed by atoms with Crippen molar-refractivity contribution in [1.82, 2.24) is 15.3 Å². The lowest BCUT2D eigenvalue weighted by Crippen LogP contribution is -2.55. The molecular weight excluding hydrogens is 390 g/mol. The highest BCUT2D eigenvalue weighted by Gasteiger charge is 2.39. The zero-order valence-corrected chi connectivity index (χ0v) is 17.8. The van der Waals surface area contributed by atoms with Crippen LogP contribution in [0.3, 0.4) is 0 Å². The summed E-state index contributed by atoms with van der Waals surface area (Å²) in [5, 5.41) is 4.58. The Bertz CT molecular complexity index is 936. The van der Waals surface area contributed by atoms with Crippen LogP contribution in [-0.4, -0.2) is 51.6 Å². The summed E-state index contributed by atoms with van der Waals surface area (Å²) in [6, 6.07) is 16.1. The molecule has 156 valence electrons. The molecule has 1 N–H and O–H groups in total. The Morgan fingerprint density at radius 1 is 1.03 bits per heavy atom. The number of piperidine rings is 1. The number of hydroxylamine groups is 2. The van der Waals surface area contributed by atoms with Gasteiger partial charge in [0.1, 0.15) is 0 Å². The van der Waals surface area contributed by atoms with Gasteiger partial charge in [0.05, 0.1) is 10.4 Å². The number of nitrogens with zero attached hydrogens (tertiary/aromatic N) is 2. The maximum absolute atomic E-state index is 12.6. The van der Waals surface area contributed by atoms with Gasteiger partial charge in [0, 0.05) is 27.2 Å². The molecule has 0 unspecified atom stereocenters. The summed E-state index contributed by atoms with van der Waals surface area (Å²) in [7, 11) is -0.495. The van der Waals surface area contributed by atoms with E-state index < -0.39 is 15.7 Å². The van der Waals surface area contributed by atoms with Crippen LogP contribution in [0.15, 0.2) is 59.5 Å². The Morgan fingerprint density at radius 3 is 2.17 bits per heavy atom. The minimum Gasteiger partial charge on any atom is -0.331 e. The first-order valence-electron chi connectivity index (χ1n) is 9.53. The van der Waals surface area contributed by atoms with Crippen molar-refractivity contribution < 1.29 is 17.5 Å². The predicted octanol–water partition coefficient (Wildman–Crippen LogP) is 2.88. The summed E-state index contributed by atoms with van der Waals surface area (Å²) < 4.78 is 30.5. The van der Waals surface area contributed by atoms with Crippen molar-refractivity contribution in [3.05, 3.63) is 65.7 Å². The third-order valence-electron chi connectivity index (χ3n) is 5.17. The normalized spacial score (nSPS) is 16.9. The van der Waals surface area contributed by atoms with Gasteiger partial charge in [-0.05, 0) is 37.5 Å². The molecule has 1 aliphatic rings. The second kappa shape index (κ2) is 8.52. The Balaban J connectivity index is 1.74. The van der Waals surface area contributed by atoms with Gasteiger partial charge in [-0.3, -0.25) is 0 Å². The standard InChI is InChI=1S/C21H27N3O4S/c1-17-9-11-19(12-10-17)29(26,27)28-24-15-13-21(14-16-24,22-20(25)23(2)3)18-7-5-4-6-8-18/h4-12H,13-16H2,1-3H3,(H,22,25). The van der Waals surface area contributed by atoms with Gasteiger partial charge in [-0.2, -0.15) is 17.8 Å². The van der Waals surface area contributed by atoms with E-state index in [2.05, 4.69) is 5.32 Å². The lowest BCUT2D eigenvalue weighted by Gasteiger charge is -2.42. The van der Waals surface area contributed by atoms with Crippen molar-refractivity contribution >= 4 is 16.1 Å². The molecule has 3 rings (SSSR count). The average molecular weight is 418 g/mol. The molecule has 1 heterocycles. The van der Waals surface area contributed by atoms with Crippen molar-refractivity contribution in [3.8, 4) is 0 Å². The lowest BCUT2D eigenvalue weighted by atomic mass is 9.81. The number of carbonyl (C=O) groups is 1. The van der Waals surface area contributed by atoms with E-state index in [0.29, 0.717) is 25.9 Å². The maximum atomic E-state index is 12.6. The van der Waals surface area contributed by atoms with Gasteiger partial charge in [0.25, 0.3) is 0 Å². The number of nitrogens with one attached hydrogen (secondary N) is 1. The summed E-state index contributed by atoms with van der Waals surface area (Å²) in [6.45, 7) is 2.63. The van der Waals surface area contributed by atoms with E-state index >= 15 is 0 Å². The Labute approximate surface area is 172 Å². The number of carbonyl (C=O) groups excluding carboxylic acids is 1. The second-order valence-electron chi connectivity index (χ2n) is 7.54. The van der Waals surface area contributed by atoms with Crippen LogP contribution in [0.2, 0.25) is 0 Å². The molecule has 0 aliphatic carbocycles. The molecule has 2 amide bonds. The molecule has 0 saturated carbocycles. The van der Waals surface area contributed by atoms with Crippen LogP contribution in [0.25, 0.3) is 0 Å². The van der Waals surface area contributed by atoms with Crippen LogP contribution < -0.4 is 5.32 Å². The van der Waals surface area contributed by atoms with Crippen LogP contribution in [0.4, 0.5) is 4.79 Å². The molecule has 1 fully saturated rings. The van der Waals surface area contributed by atoms with Gasteiger partial charge >= 0.3 is 16.1 Å². The lowest BCUT2D eigenvalue weighted by molar-refractivity contribution is -0.0834. The van der Waals surface area contributed by atoms with Crippen molar-refractivity contribution in [2.24, 2.45) is 0 Å². The number of hydrogen-bond donors (Lipinski definition) is 1. The molecule has 1 saturated heterocycles.